The third-order valence-electron chi connectivity index (χ3n) is 2.46. The number of halogens is 1. The zero-order valence-electron chi connectivity index (χ0n) is 9.41. The normalized spacial score (nSPS) is 13.1. The van der Waals surface area contributed by atoms with Gasteiger partial charge in [-0.3, -0.25) is 0 Å². The summed E-state index contributed by atoms with van der Waals surface area (Å²) in [5.41, 5.74) is 0.993. The molecule has 1 aromatic rings. The van der Waals surface area contributed by atoms with Crippen LogP contribution in [0.15, 0.2) is 24.3 Å². The summed E-state index contributed by atoms with van der Waals surface area (Å²) in [5, 5.41) is 9.73. The van der Waals surface area contributed by atoms with Crippen LogP contribution >= 0.6 is 0 Å². The van der Waals surface area contributed by atoms with E-state index >= 15 is 0 Å². The van der Waals surface area contributed by atoms with Crippen molar-refractivity contribution >= 4 is 0 Å². The van der Waals surface area contributed by atoms with E-state index in [0.717, 1.165) is 18.4 Å². The van der Waals surface area contributed by atoms with Gasteiger partial charge in [0, 0.05) is 0 Å². The maximum Gasteiger partial charge on any atom is 0.123 e. The molecular weight excluding hydrogens is 191 g/mol. The van der Waals surface area contributed by atoms with Crippen molar-refractivity contribution in [1.29, 1.82) is 0 Å². The lowest BCUT2D eigenvalue weighted by Crippen LogP contribution is -2.11. The fourth-order valence-corrected chi connectivity index (χ4v) is 1.52. The first kappa shape index (κ1) is 12.2. The topological polar surface area (TPSA) is 20.2 Å². The minimum absolute atomic E-state index is 0.226. The molecule has 1 nitrogen and oxygen atoms in total. The van der Waals surface area contributed by atoms with Gasteiger partial charge in [0.15, 0.2) is 0 Å². The Balaban J connectivity index is 2.37. The van der Waals surface area contributed by atoms with E-state index in [4.69, 9.17) is 0 Å². The highest BCUT2D eigenvalue weighted by Gasteiger charge is 2.06. The molecule has 1 unspecified atom stereocenters. The number of aliphatic hydroxyl groups excluding tert-OH is 1. The second kappa shape index (κ2) is 5.86. The van der Waals surface area contributed by atoms with Crippen molar-refractivity contribution in [3.8, 4) is 0 Å². The Morgan fingerprint density at radius 2 is 1.73 bits per heavy atom. The lowest BCUT2D eigenvalue weighted by molar-refractivity contribution is 0.157. The highest BCUT2D eigenvalue weighted by molar-refractivity contribution is 5.16. The Bertz CT molecular complexity index is 279. The fourth-order valence-electron chi connectivity index (χ4n) is 1.52. The van der Waals surface area contributed by atoms with Crippen molar-refractivity contribution in [3.63, 3.8) is 0 Å². The van der Waals surface area contributed by atoms with Crippen LogP contribution in [0.25, 0.3) is 0 Å². The number of hydrogen-bond donors (Lipinski definition) is 1. The molecule has 0 radical (unpaired) electrons. The van der Waals surface area contributed by atoms with E-state index in [-0.39, 0.29) is 11.9 Å². The molecule has 0 fully saturated rings. The predicted molar refractivity (Wildman–Crippen MR) is 60.2 cm³/mol. The molecule has 0 bridgehead atoms. The maximum absolute atomic E-state index is 12.6. The van der Waals surface area contributed by atoms with Crippen molar-refractivity contribution in [3.05, 3.63) is 35.6 Å². The smallest absolute Gasteiger partial charge is 0.123 e. The summed E-state index contributed by atoms with van der Waals surface area (Å²) in [6.07, 6.45) is 2.16. The molecule has 0 aromatic heterocycles. The molecule has 0 aliphatic rings. The van der Waals surface area contributed by atoms with Gasteiger partial charge in [0.1, 0.15) is 5.82 Å². The second-order valence-corrected chi connectivity index (χ2v) is 4.46. The number of benzene rings is 1. The third kappa shape index (κ3) is 4.93. The molecule has 0 aliphatic carbocycles. The number of aliphatic hydroxyl groups is 1. The Morgan fingerprint density at radius 3 is 2.27 bits per heavy atom. The Morgan fingerprint density at radius 1 is 1.13 bits per heavy atom. The molecule has 0 spiro atoms. The van der Waals surface area contributed by atoms with Gasteiger partial charge in [-0.25, -0.2) is 4.39 Å². The Hall–Kier alpha value is -0.890. The molecule has 15 heavy (non-hydrogen) atoms. The first-order valence-corrected chi connectivity index (χ1v) is 5.50. The van der Waals surface area contributed by atoms with Crippen LogP contribution in [0.2, 0.25) is 0 Å². The summed E-state index contributed by atoms with van der Waals surface area (Å²) in [6, 6.07) is 6.33. The first-order valence-electron chi connectivity index (χ1n) is 5.50. The number of rotatable bonds is 5. The van der Waals surface area contributed by atoms with Gasteiger partial charge in [-0.1, -0.05) is 26.0 Å². The summed E-state index contributed by atoms with van der Waals surface area (Å²) in [4.78, 5) is 0. The van der Waals surface area contributed by atoms with Crippen LogP contribution in [0.3, 0.4) is 0 Å². The molecule has 0 aliphatic heterocycles. The van der Waals surface area contributed by atoms with Gasteiger partial charge in [0.25, 0.3) is 0 Å². The summed E-state index contributed by atoms with van der Waals surface area (Å²) in [6.45, 7) is 4.29. The van der Waals surface area contributed by atoms with E-state index < -0.39 is 0 Å². The predicted octanol–water partition coefficient (Wildman–Crippen LogP) is 3.17. The minimum Gasteiger partial charge on any atom is -0.393 e. The molecule has 0 saturated carbocycles. The first-order chi connectivity index (χ1) is 7.08. The van der Waals surface area contributed by atoms with E-state index in [2.05, 4.69) is 13.8 Å². The maximum atomic E-state index is 12.6. The summed E-state index contributed by atoms with van der Waals surface area (Å²) in [5.74, 6) is 0.392. The Kier molecular flexibility index (Phi) is 4.76. The molecule has 0 amide bonds. The van der Waals surface area contributed by atoms with Crippen LogP contribution in [0.4, 0.5) is 4.39 Å². The van der Waals surface area contributed by atoms with Crippen LogP contribution in [0, 0.1) is 11.7 Å². The minimum atomic E-state index is -0.308. The van der Waals surface area contributed by atoms with Crippen molar-refractivity contribution in [2.75, 3.05) is 0 Å². The average Bonchev–Trinajstić information content (AvgIpc) is 2.19. The van der Waals surface area contributed by atoms with Crippen LogP contribution in [0.5, 0.6) is 0 Å². The summed E-state index contributed by atoms with van der Waals surface area (Å²) >= 11 is 0. The van der Waals surface area contributed by atoms with Gasteiger partial charge in [-0.15, -0.1) is 0 Å². The molecule has 1 aromatic carbocycles. The Labute approximate surface area is 90.9 Å². The largest absolute Gasteiger partial charge is 0.393 e. The van der Waals surface area contributed by atoms with E-state index in [9.17, 15) is 9.50 Å². The zero-order chi connectivity index (χ0) is 11.3. The van der Waals surface area contributed by atoms with Crippen molar-refractivity contribution < 1.29 is 9.50 Å². The third-order valence-corrected chi connectivity index (χ3v) is 2.46. The van der Waals surface area contributed by atoms with Crippen molar-refractivity contribution in [1.82, 2.24) is 0 Å². The van der Waals surface area contributed by atoms with Crippen LogP contribution in [-0.4, -0.2) is 11.2 Å². The molecule has 84 valence electrons. The molecule has 0 heterocycles. The average molecular weight is 210 g/mol. The van der Waals surface area contributed by atoms with Crippen molar-refractivity contribution in [2.45, 2.75) is 39.2 Å². The van der Waals surface area contributed by atoms with Gasteiger partial charge < -0.3 is 5.11 Å². The van der Waals surface area contributed by atoms with E-state index in [1.54, 1.807) is 12.1 Å². The van der Waals surface area contributed by atoms with E-state index in [0.29, 0.717) is 12.3 Å². The van der Waals surface area contributed by atoms with E-state index in [1.807, 2.05) is 0 Å². The van der Waals surface area contributed by atoms with Crippen LogP contribution in [-0.2, 0) is 6.42 Å². The quantitative estimate of drug-likeness (QED) is 0.791. The highest BCUT2D eigenvalue weighted by Crippen LogP contribution is 2.12. The molecule has 2 heteroatoms. The zero-order valence-corrected chi connectivity index (χ0v) is 9.41. The van der Waals surface area contributed by atoms with Crippen LogP contribution < -0.4 is 0 Å². The molecule has 1 rings (SSSR count). The SMILES string of the molecule is CC(C)CCC(O)Cc1ccc(F)cc1. The second-order valence-electron chi connectivity index (χ2n) is 4.46. The highest BCUT2D eigenvalue weighted by atomic mass is 19.1. The molecule has 0 saturated heterocycles. The molecular formula is C13H19FO. The van der Waals surface area contributed by atoms with Crippen molar-refractivity contribution in [2.24, 2.45) is 5.92 Å². The van der Waals surface area contributed by atoms with Gasteiger partial charge in [-0.05, 0) is 42.9 Å². The molecule has 1 atom stereocenters. The summed E-state index contributed by atoms with van der Waals surface area (Å²) in [7, 11) is 0. The van der Waals surface area contributed by atoms with Gasteiger partial charge in [0.2, 0.25) is 0 Å². The fraction of sp³-hybridized carbons (Fsp3) is 0.538. The van der Waals surface area contributed by atoms with Gasteiger partial charge >= 0.3 is 0 Å². The monoisotopic (exact) mass is 210 g/mol. The molecule has 1 N–H and O–H groups in total. The van der Waals surface area contributed by atoms with Gasteiger partial charge in [0.05, 0.1) is 6.10 Å². The van der Waals surface area contributed by atoms with E-state index in [1.165, 1.54) is 12.1 Å². The number of hydrogen-bond acceptors (Lipinski definition) is 1. The summed E-state index contributed by atoms with van der Waals surface area (Å²) < 4.78 is 12.6. The van der Waals surface area contributed by atoms with Crippen LogP contribution in [0.1, 0.15) is 32.3 Å². The lowest BCUT2D eigenvalue weighted by atomic mass is 10.00. The lowest BCUT2D eigenvalue weighted by Gasteiger charge is -2.11. The van der Waals surface area contributed by atoms with Gasteiger partial charge in [-0.2, -0.15) is 0 Å². The standard InChI is InChI=1S/C13H19FO/c1-10(2)3-8-13(15)9-11-4-6-12(14)7-5-11/h4-7,10,13,15H,3,8-9H2,1-2H3.